The Kier molecular flexibility index (Phi) is 6.38. The number of hydrogen-bond donors (Lipinski definition) is 2. The number of amides is 3. The average Bonchev–Trinajstić information content (AvgIpc) is 2.48. The van der Waals surface area contributed by atoms with Crippen LogP contribution in [0.1, 0.15) is 20.8 Å². The van der Waals surface area contributed by atoms with Gasteiger partial charge in [-0.3, -0.25) is 10.1 Å². The molecule has 0 aliphatic heterocycles. The molecule has 0 heterocycles. The fraction of sp³-hybridized carbons (Fsp3) is 0.400. The van der Waals surface area contributed by atoms with Crippen molar-refractivity contribution < 1.29 is 23.9 Å². The number of benzene rings is 1. The van der Waals surface area contributed by atoms with Crippen LogP contribution in [0.4, 0.5) is 4.79 Å². The SMILES string of the molecule is CNC(=O)NC(=O)C(C)OC(=O)C(C)(C)Oc1ccc(Cl)cc1. The van der Waals surface area contributed by atoms with Gasteiger partial charge in [0, 0.05) is 12.1 Å². The van der Waals surface area contributed by atoms with Crippen LogP contribution < -0.4 is 15.4 Å². The molecule has 0 aromatic heterocycles. The number of halogens is 1. The predicted octanol–water partition coefficient (Wildman–Crippen LogP) is 1.88. The van der Waals surface area contributed by atoms with Gasteiger partial charge in [0.1, 0.15) is 5.75 Å². The Bertz CT molecular complexity index is 586. The molecule has 23 heavy (non-hydrogen) atoms. The van der Waals surface area contributed by atoms with Crippen LogP contribution in [-0.2, 0) is 14.3 Å². The molecular weight excluding hydrogens is 324 g/mol. The van der Waals surface area contributed by atoms with Crippen LogP contribution in [-0.4, -0.2) is 36.7 Å². The van der Waals surface area contributed by atoms with Crippen molar-refractivity contribution in [2.45, 2.75) is 32.5 Å². The van der Waals surface area contributed by atoms with Crippen LogP contribution in [0, 0.1) is 0 Å². The van der Waals surface area contributed by atoms with Crippen LogP contribution in [0.25, 0.3) is 0 Å². The number of urea groups is 1. The third kappa shape index (κ3) is 5.78. The van der Waals surface area contributed by atoms with E-state index in [0.717, 1.165) is 0 Å². The molecule has 0 bridgehead atoms. The average molecular weight is 343 g/mol. The molecule has 0 fully saturated rings. The number of carbonyl (C=O) groups excluding carboxylic acids is 3. The Balaban J connectivity index is 2.65. The van der Waals surface area contributed by atoms with Crippen molar-refractivity contribution >= 4 is 29.5 Å². The lowest BCUT2D eigenvalue weighted by atomic mass is 10.1. The van der Waals surface area contributed by atoms with Crippen molar-refractivity contribution in [2.75, 3.05) is 7.05 Å². The summed E-state index contributed by atoms with van der Waals surface area (Å²) in [6.07, 6.45) is -1.15. The van der Waals surface area contributed by atoms with Gasteiger partial charge in [0.2, 0.25) is 0 Å². The normalized spacial score (nSPS) is 12.0. The van der Waals surface area contributed by atoms with Crippen molar-refractivity contribution in [3.8, 4) is 5.75 Å². The highest BCUT2D eigenvalue weighted by Gasteiger charge is 2.34. The molecule has 1 unspecified atom stereocenters. The fourth-order valence-corrected chi connectivity index (χ4v) is 1.60. The van der Waals surface area contributed by atoms with Crippen LogP contribution in [0.3, 0.4) is 0 Å². The van der Waals surface area contributed by atoms with E-state index in [4.69, 9.17) is 21.1 Å². The Morgan fingerprint density at radius 1 is 1.17 bits per heavy atom. The zero-order valence-electron chi connectivity index (χ0n) is 13.3. The number of hydrogen-bond acceptors (Lipinski definition) is 5. The summed E-state index contributed by atoms with van der Waals surface area (Å²) >= 11 is 5.78. The molecule has 1 aromatic rings. The molecule has 0 aliphatic carbocycles. The highest BCUT2D eigenvalue weighted by atomic mass is 35.5. The first kappa shape index (κ1) is 18.8. The molecule has 0 saturated carbocycles. The Labute approximate surface area is 139 Å². The second kappa shape index (κ2) is 7.82. The maximum absolute atomic E-state index is 12.2. The number of imide groups is 1. The van der Waals surface area contributed by atoms with E-state index in [1.807, 2.05) is 5.32 Å². The number of ether oxygens (including phenoxy) is 2. The van der Waals surface area contributed by atoms with Gasteiger partial charge < -0.3 is 14.8 Å². The first-order valence-electron chi connectivity index (χ1n) is 6.84. The van der Waals surface area contributed by atoms with Crippen molar-refractivity contribution in [1.29, 1.82) is 0 Å². The minimum absolute atomic E-state index is 0.429. The van der Waals surface area contributed by atoms with Crippen molar-refractivity contribution in [3.63, 3.8) is 0 Å². The minimum atomic E-state index is -1.32. The van der Waals surface area contributed by atoms with E-state index >= 15 is 0 Å². The van der Waals surface area contributed by atoms with Gasteiger partial charge in [0.15, 0.2) is 11.7 Å². The Morgan fingerprint density at radius 3 is 2.26 bits per heavy atom. The second-order valence-electron chi connectivity index (χ2n) is 5.18. The van der Waals surface area contributed by atoms with Crippen LogP contribution in [0.2, 0.25) is 5.02 Å². The Morgan fingerprint density at radius 2 is 1.74 bits per heavy atom. The molecule has 1 atom stereocenters. The Hall–Kier alpha value is -2.28. The number of esters is 1. The molecule has 2 N–H and O–H groups in total. The van der Waals surface area contributed by atoms with E-state index in [-0.39, 0.29) is 0 Å². The van der Waals surface area contributed by atoms with E-state index in [9.17, 15) is 14.4 Å². The monoisotopic (exact) mass is 342 g/mol. The first-order valence-corrected chi connectivity index (χ1v) is 7.21. The van der Waals surface area contributed by atoms with Crippen LogP contribution in [0.15, 0.2) is 24.3 Å². The number of rotatable bonds is 5. The molecule has 7 nitrogen and oxygen atoms in total. The summed E-state index contributed by atoms with van der Waals surface area (Å²) in [5, 5.41) is 4.78. The quantitative estimate of drug-likeness (QED) is 0.797. The third-order valence-corrected chi connectivity index (χ3v) is 3.05. The zero-order valence-corrected chi connectivity index (χ0v) is 14.1. The highest BCUT2D eigenvalue weighted by Crippen LogP contribution is 2.22. The summed E-state index contributed by atoms with van der Waals surface area (Å²) in [6, 6.07) is 5.78. The molecule has 1 rings (SSSR count). The van der Waals surface area contributed by atoms with Crippen molar-refractivity contribution in [2.24, 2.45) is 0 Å². The van der Waals surface area contributed by atoms with Gasteiger partial charge in [-0.05, 0) is 45.0 Å². The molecule has 0 aliphatic rings. The van der Waals surface area contributed by atoms with Gasteiger partial charge in [0.25, 0.3) is 5.91 Å². The molecule has 126 valence electrons. The smallest absolute Gasteiger partial charge is 0.350 e. The van der Waals surface area contributed by atoms with Gasteiger partial charge in [-0.2, -0.15) is 0 Å². The van der Waals surface area contributed by atoms with Crippen LogP contribution in [0.5, 0.6) is 5.75 Å². The topological polar surface area (TPSA) is 93.7 Å². The predicted molar refractivity (Wildman–Crippen MR) is 84.3 cm³/mol. The summed E-state index contributed by atoms with van der Waals surface area (Å²) in [5.41, 5.74) is -1.32. The number of carbonyl (C=O) groups is 3. The highest BCUT2D eigenvalue weighted by molar-refractivity contribution is 6.30. The lowest BCUT2D eigenvalue weighted by Crippen LogP contribution is -2.47. The molecule has 1 aromatic carbocycles. The van der Waals surface area contributed by atoms with E-state index in [1.165, 1.54) is 27.8 Å². The molecule has 3 amide bonds. The summed E-state index contributed by atoms with van der Waals surface area (Å²) in [5.74, 6) is -1.05. The summed E-state index contributed by atoms with van der Waals surface area (Å²) in [7, 11) is 1.36. The van der Waals surface area contributed by atoms with Gasteiger partial charge in [0.05, 0.1) is 0 Å². The van der Waals surface area contributed by atoms with E-state index in [0.29, 0.717) is 10.8 Å². The summed E-state index contributed by atoms with van der Waals surface area (Å²) in [4.78, 5) is 34.9. The van der Waals surface area contributed by atoms with Gasteiger partial charge in [-0.1, -0.05) is 11.6 Å². The molecule has 0 radical (unpaired) electrons. The first-order chi connectivity index (χ1) is 10.7. The van der Waals surface area contributed by atoms with Gasteiger partial charge in [-0.15, -0.1) is 0 Å². The lowest BCUT2D eigenvalue weighted by Gasteiger charge is -2.25. The molecule has 8 heteroatoms. The number of nitrogens with one attached hydrogen (secondary N) is 2. The molecule has 0 saturated heterocycles. The van der Waals surface area contributed by atoms with Crippen LogP contribution >= 0.6 is 11.6 Å². The van der Waals surface area contributed by atoms with Crippen molar-refractivity contribution in [1.82, 2.24) is 10.6 Å². The lowest BCUT2D eigenvalue weighted by molar-refractivity contribution is -0.167. The standard InChI is InChI=1S/C15H19ClN2O5/c1-9(12(19)18-14(21)17-4)22-13(20)15(2,3)23-11-7-5-10(16)6-8-11/h5-9H,1-4H3,(H2,17,18,19,21). The summed E-state index contributed by atoms with van der Waals surface area (Å²) in [6.45, 7) is 4.37. The van der Waals surface area contributed by atoms with Gasteiger partial charge >= 0.3 is 12.0 Å². The van der Waals surface area contributed by atoms with E-state index in [2.05, 4.69) is 5.32 Å². The maximum atomic E-state index is 12.2. The zero-order chi connectivity index (χ0) is 17.6. The van der Waals surface area contributed by atoms with E-state index in [1.54, 1.807) is 24.3 Å². The fourth-order valence-electron chi connectivity index (χ4n) is 1.47. The second-order valence-corrected chi connectivity index (χ2v) is 5.62. The molecule has 0 spiro atoms. The minimum Gasteiger partial charge on any atom is -0.476 e. The van der Waals surface area contributed by atoms with Crippen molar-refractivity contribution in [3.05, 3.63) is 29.3 Å². The molecular formula is C15H19ClN2O5. The van der Waals surface area contributed by atoms with E-state index < -0.39 is 29.6 Å². The summed E-state index contributed by atoms with van der Waals surface area (Å²) < 4.78 is 10.6. The maximum Gasteiger partial charge on any atom is 0.350 e. The largest absolute Gasteiger partial charge is 0.476 e. The third-order valence-electron chi connectivity index (χ3n) is 2.80. The van der Waals surface area contributed by atoms with Gasteiger partial charge in [-0.25, -0.2) is 9.59 Å².